The van der Waals surface area contributed by atoms with Gasteiger partial charge in [0.15, 0.2) is 0 Å². The van der Waals surface area contributed by atoms with Crippen molar-refractivity contribution in [2.45, 2.75) is 24.3 Å². The molecule has 0 amide bonds. The number of benzene rings is 2. The minimum absolute atomic E-state index is 0.0665. The van der Waals surface area contributed by atoms with Gasteiger partial charge in [-0.15, -0.1) is 0 Å². The molecule has 1 unspecified atom stereocenters. The largest absolute Gasteiger partial charge is 0.327 e. The molecule has 0 aliphatic carbocycles. The Kier molecular flexibility index (Phi) is 5.96. The quantitative estimate of drug-likeness (QED) is 0.648. The standard InChI is InChI=1S/C16H20NO5PS/c1-13-7-9-16(10-8-13)24(21,22)17-15(12-23(18,19)20)11-14-5-3-2-4-6-14/h2-10,15,17H,11-12H2,1H3,(H2,18,19,20). The fourth-order valence-corrected chi connectivity index (χ4v) is 4.49. The lowest BCUT2D eigenvalue weighted by Crippen LogP contribution is -2.39. The maximum absolute atomic E-state index is 12.5. The number of sulfonamides is 1. The molecule has 1 atom stereocenters. The molecule has 0 bridgehead atoms. The second-order valence-corrected chi connectivity index (χ2v) is 9.08. The first kappa shape index (κ1) is 18.8. The molecule has 0 fully saturated rings. The van der Waals surface area contributed by atoms with E-state index in [0.29, 0.717) is 0 Å². The first-order chi connectivity index (χ1) is 11.2. The molecule has 3 N–H and O–H groups in total. The van der Waals surface area contributed by atoms with Gasteiger partial charge in [0, 0.05) is 6.04 Å². The third-order valence-electron chi connectivity index (χ3n) is 3.44. The first-order valence-corrected chi connectivity index (χ1v) is 10.6. The van der Waals surface area contributed by atoms with E-state index < -0.39 is 29.8 Å². The molecule has 24 heavy (non-hydrogen) atoms. The number of aryl methyl sites for hydroxylation is 1. The zero-order chi connectivity index (χ0) is 17.8. The van der Waals surface area contributed by atoms with E-state index in [1.165, 1.54) is 12.1 Å². The van der Waals surface area contributed by atoms with Crippen molar-refractivity contribution < 1.29 is 22.8 Å². The molecular weight excluding hydrogens is 349 g/mol. The Balaban J connectivity index is 2.23. The van der Waals surface area contributed by atoms with Crippen LogP contribution < -0.4 is 4.72 Å². The molecule has 0 heterocycles. The van der Waals surface area contributed by atoms with E-state index in [4.69, 9.17) is 0 Å². The van der Waals surface area contributed by atoms with Gasteiger partial charge in [-0.3, -0.25) is 4.57 Å². The van der Waals surface area contributed by atoms with Crippen LogP contribution in [0.1, 0.15) is 11.1 Å². The Morgan fingerprint density at radius 1 is 1.04 bits per heavy atom. The van der Waals surface area contributed by atoms with Gasteiger partial charge < -0.3 is 9.79 Å². The summed E-state index contributed by atoms with van der Waals surface area (Å²) >= 11 is 0. The molecule has 2 rings (SSSR count). The third-order valence-corrected chi connectivity index (χ3v) is 5.89. The van der Waals surface area contributed by atoms with Crippen molar-refractivity contribution in [3.63, 3.8) is 0 Å². The molecule has 0 aliphatic heterocycles. The summed E-state index contributed by atoms with van der Waals surface area (Å²) in [6.45, 7) is 1.84. The molecule has 0 radical (unpaired) electrons. The van der Waals surface area contributed by atoms with Gasteiger partial charge in [0.1, 0.15) is 0 Å². The van der Waals surface area contributed by atoms with Gasteiger partial charge in [-0.05, 0) is 31.0 Å². The van der Waals surface area contributed by atoms with Crippen molar-refractivity contribution in [3.8, 4) is 0 Å². The second kappa shape index (κ2) is 7.59. The summed E-state index contributed by atoms with van der Waals surface area (Å²) in [5.74, 6) is 0. The van der Waals surface area contributed by atoms with Gasteiger partial charge in [-0.25, -0.2) is 13.1 Å². The lowest BCUT2D eigenvalue weighted by molar-refractivity contribution is 0.366. The molecule has 8 heteroatoms. The van der Waals surface area contributed by atoms with E-state index in [-0.39, 0.29) is 11.3 Å². The monoisotopic (exact) mass is 369 g/mol. The lowest BCUT2D eigenvalue weighted by Gasteiger charge is -2.19. The van der Waals surface area contributed by atoms with Crippen LogP contribution in [0.3, 0.4) is 0 Å². The van der Waals surface area contributed by atoms with Crippen LogP contribution in [0.25, 0.3) is 0 Å². The zero-order valence-electron chi connectivity index (χ0n) is 13.2. The third kappa shape index (κ3) is 5.85. The summed E-state index contributed by atoms with van der Waals surface area (Å²) in [5.41, 5.74) is 1.72. The predicted molar refractivity (Wildman–Crippen MR) is 92.3 cm³/mol. The highest BCUT2D eigenvalue weighted by atomic mass is 32.2. The Labute approximate surface area is 141 Å². The van der Waals surface area contributed by atoms with Crippen LogP contribution in [-0.4, -0.2) is 30.4 Å². The summed E-state index contributed by atoms with van der Waals surface area (Å²) < 4.78 is 38.7. The molecule has 2 aromatic carbocycles. The van der Waals surface area contributed by atoms with Gasteiger partial charge >= 0.3 is 7.60 Å². The fourth-order valence-electron chi connectivity index (χ4n) is 2.33. The maximum Gasteiger partial charge on any atom is 0.327 e. The number of hydrogen-bond acceptors (Lipinski definition) is 3. The van der Waals surface area contributed by atoms with Crippen LogP contribution in [0.2, 0.25) is 0 Å². The first-order valence-electron chi connectivity index (χ1n) is 7.33. The molecule has 0 aromatic heterocycles. The highest BCUT2D eigenvalue weighted by molar-refractivity contribution is 7.89. The molecule has 130 valence electrons. The molecule has 2 aromatic rings. The molecule has 0 saturated carbocycles. The lowest BCUT2D eigenvalue weighted by atomic mass is 10.1. The van der Waals surface area contributed by atoms with Crippen molar-refractivity contribution in [1.82, 2.24) is 4.72 Å². The van der Waals surface area contributed by atoms with Gasteiger partial charge in [0.05, 0.1) is 11.1 Å². The van der Waals surface area contributed by atoms with E-state index in [2.05, 4.69) is 4.72 Å². The average molecular weight is 369 g/mol. The molecule has 6 nitrogen and oxygen atoms in total. The van der Waals surface area contributed by atoms with Crippen molar-refractivity contribution in [1.29, 1.82) is 0 Å². The van der Waals surface area contributed by atoms with Gasteiger partial charge in [-0.1, -0.05) is 48.0 Å². The Bertz CT molecular complexity index is 815. The molecule has 0 spiro atoms. The Morgan fingerprint density at radius 3 is 2.17 bits per heavy atom. The summed E-state index contributed by atoms with van der Waals surface area (Å²) in [4.78, 5) is 18.6. The van der Waals surface area contributed by atoms with Crippen LogP contribution in [0, 0.1) is 6.92 Å². The van der Waals surface area contributed by atoms with Crippen LogP contribution in [0.15, 0.2) is 59.5 Å². The number of hydrogen-bond donors (Lipinski definition) is 3. The predicted octanol–water partition coefficient (Wildman–Crippen LogP) is 2.06. The fraction of sp³-hybridized carbons (Fsp3) is 0.250. The second-order valence-electron chi connectivity index (χ2n) is 5.67. The van der Waals surface area contributed by atoms with E-state index >= 15 is 0 Å². The summed E-state index contributed by atoms with van der Waals surface area (Å²) in [6, 6.07) is 14.3. The van der Waals surface area contributed by atoms with Crippen LogP contribution >= 0.6 is 7.60 Å². The van der Waals surface area contributed by atoms with Crippen LogP contribution in [-0.2, 0) is 21.0 Å². The van der Waals surface area contributed by atoms with Crippen molar-refractivity contribution in [2.24, 2.45) is 0 Å². The van der Waals surface area contributed by atoms with E-state index in [9.17, 15) is 22.8 Å². The van der Waals surface area contributed by atoms with Crippen molar-refractivity contribution >= 4 is 17.6 Å². The van der Waals surface area contributed by atoms with Gasteiger partial charge in [0.25, 0.3) is 0 Å². The zero-order valence-corrected chi connectivity index (χ0v) is 14.9. The Hall–Kier alpha value is -1.50. The van der Waals surface area contributed by atoms with Gasteiger partial charge in [0.2, 0.25) is 10.0 Å². The Morgan fingerprint density at radius 2 is 1.62 bits per heavy atom. The highest BCUT2D eigenvalue weighted by Crippen LogP contribution is 2.35. The van der Waals surface area contributed by atoms with E-state index in [1.807, 2.05) is 13.0 Å². The summed E-state index contributed by atoms with van der Waals surface area (Å²) in [6.07, 6.45) is -0.371. The molecule has 0 aliphatic rings. The number of nitrogens with one attached hydrogen (secondary N) is 1. The van der Waals surface area contributed by atoms with Crippen molar-refractivity contribution in [2.75, 3.05) is 6.16 Å². The summed E-state index contributed by atoms with van der Waals surface area (Å²) in [7, 11) is -8.23. The molecular formula is C16H20NO5PS. The van der Waals surface area contributed by atoms with Crippen LogP contribution in [0.4, 0.5) is 0 Å². The number of rotatable bonds is 7. The average Bonchev–Trinajstić information content (AvgIpc) is 2.46. The topological polar surface area (TPSA) is 104 Å². The minimum Gasteiger partial charge on any atom is -0.324 e. The van der Waals surface area contributed by atoms with E-state index in [0.717, 1.165) is 11.1 Å². The smallest absolute Gasteiger partial charge is 0.324 e. The van der Waals surface area contributed by atoms with E-state index in [1.54, 1.807) is 36.4 Å². The van der Waals surface area contributed by atoms with Crippen molar-refractivity contribution in [3.05, 3.63) is 65.7 Å². The SMILES string of the molecule is Cc1ccc(S(=O)(=O)NC(Cc2ccccc2)CP(=O)(O)O)cc1. The maximum atomic E-state index is 12.5. The van der Waals surface area contributed by atoms with Crippen LogP contribution in [0.5, 0.6) is 0 Å². The highest BCUT2D eigenvalue weighted by Gasteiger charge is 2.26. The normalized spacial score (nSPS) is 13.6. The summed E-state index contributed by atoms with van der Waals surface area (Å²) in [5, 5.41) is 0. The molecule has 0 saturated heterocycles. The minimum atomic E-state index is -4.37. The van der Waals surface area contributed by atoms with Gasteiger partial charge in [-0.2, -0.15) is 0 Å².